The minimum atomic E-state index is -4.66. The number of aliphatic carboxylic acids is 1. The molecule has 0 aliphatic heterocycles. The first kappa shape index (κ1) is 31.7. The summed E-state index contributed by atoms with van der Waals surface area (Å²) in [5.74, 6) is -3.42. The molecule has 0 bridgehead atoms. The predicted octanol–water partition coefficient (Wildman–Crippen LogP) is 7.41. The topological polar surface area (TPSA) is 87.7 Å². The van der Waals surface area contributed by atoms with Gasteiger partial charge in [-0.05, 0) is 48.7 Å². The molecule has 6 nitrogen and oxygen atoms in total. The van der Waals surface area contributed by atoms with Crippen LogP contribution in [0.3, 0.4) is 0 Å². The van der Waals surface area contributed by atoms with Crippen molar-refractivity contribution in [3.63, 3.8) is 0 Å². The van der Waals surface area contributed by atoms with Crippen molar-refractivity contribution >= 4 is 29.2 Å². The minimum absolute atomic E-state index is 0.00150. The SMILES string of the molecule is CC(C)C[C@@H](COc1cc(F)c(-c2ccc(C(F)(F)F)cc2Cl)c(F)c1)Nc1ccc(C(=O)NCCC(=O)O)cc1. The summed E-state index contributed by atoms with van der Waals surface area (Å²) in [4.78, 5) is 22.7. The van der Waals surface area contributed by atoms with E-state index in [-0.39, 0.29) is 42.8 Å². The first-order valence-electron chi connectivity index (χ1n) is 12.6. The largest absolute Gasteiger partial charge is 0.491 e. The Morgan fingerprint density at radius 1 is 1.00 bits per heavy atom. The minimum Gasteiger partial charge on any atom is -0.491 e. The number of nitrogens with one attached hydrogen (secondary N) is 2. The standard InChI is InChI=1S/C29H28ClF5N2O4/c1-16(2)11-20(37-19-6-3-17(4-7-19)28(40)36-10-9-26(38)39)15-41-21-13-24(31)27(25(32)14-21)22-8-5-18(12-23(22)30)29(33,34)35/h3-8,12-14,16,20,37H,9-11,15H2,1-2H3,(H,36,40)(H,38,39)/t20-/m0/s1. The second-order valence-corrected chi connectivity index (χ2v) is 10.1. The Morgan fingerprint density at radius 3 is 2.17 bits per heavy atom. The molecule has 0 saturated carbocycles. The summed E-state index contributed by atoms with van der Waals surface area (Å²) in [7, 11) is 0. The molecule has 41 heavy (non-hydrogen) atoms. The van der Waals surface area contributed by atoms with Crippen LogP contribution in [0.2, 0.25) is 5.02 Å². The van der Waals surface area contributed by atoms with Gasteiger partial charge in [0.1, 0.15) is 24.0 Å². The molecule has 3 aromatic rings. The number of rotatable bonds is 12. The van der Waals surface area contributed by atoms with Crippen LogP contribution in [0.15, 0.2) is 54.6 Å². The van der Waals surface area contributed by atoms with E-state index in [4.69, 9.17) is 21.4 Å². The van der Waals surface area contributed by atoms with Gasteiger partial charge < -0.3 is 20.5 Å². The molecule has 0 fully saturated rings. The number of carboxylic acid groups (broad SMARTS) is 1. The van der Waals surface area contributed by atoms with E-state index in [1.54, 1.807) is 24.3 Å². The molecule has 0 heterocycles. The molecule has 3 rings (SSSR count). The van der Waals surface area contributed by atoms with Crippen molar-refractivity contribution in [2.24, 2.45) is 5.92 Å². The van der Waals surface area contributed by atoms with E-state index in [0.29, 0.717) is 29.8 Å². The third-order valence-electron chi connectivity index (χ3n) is 5.93. The van der Waals surface area contributed by atoms with E-state index in [1.165, 1.54) is 0 Å². The lowest BCUT2D eigenvalue weighted by atomic mass is 10.0. The molecule has 0 aliphatic carbocycles. The molecular formula is C29H28ClF5N2O4. The lowest BCUT2D eigenvalue weighted by Gasteiger charge is -2.22. The molecule has 0 unspecified atom stereocenters. The molecule has 0 spiro atoms. The van der Waals surface area contributed by atoms with Crippen LogP contribution >= 0.6 is 11.6 Å². The predicted molar refractivity (Wildman–Crippen MR) is 145 cm³/mol. The maximum Gasteiger partial charge on any atom is 0.416 e. The number of ether oxygens (including phenoxy) is 1. The van der Waals surface area contributed by atoms with Crippen molar-refractivity contribution in [3.05, 3.63) is 82.4 Å². The van der Waals surface area contributed by atoms with Gasteiger partial charge in [0.2, 0.25) is 0 Å². The Balaban J connectivity index is 1.70. The maximum atomic E-state index is 14.9. The van der Waals surface area contributed by atoms with Gasteiger partial charge >= 0.3 is 12.1 Å². The van der Waals surface area contributed by atoms with Crippen LogP contribution in [0, 0.1) is 17.6 Å². The van der Waals surface area contributed by atoms with E-state index in [0.717, 1.165) is 18.2 Å². The summed E-state index contributed by atoms with van der Waals surface area (Å²) < 4.78 is 74.3. The van der Waals surface area contributed by atoms with Gasteiger partial charge in [-0.15, -0.1) is 0 Å². The molecule has 1 atom stereocenters. The number of anilines is 1. The number of alkyl halides is 3. The number of hydrogen-bond donors (Lipinski definition) is 3. The zero-order valence-corrected chi connectivity index (χ0v) is 22.9. The van der Waals surface area contributed by atoms with Crippen LogP contribution in [-0.2, 0) is 11.0 Å². The molecule has 12 heteroatoms. The molecular weight excluding hydrogens is 571 g/mol. The summed E-state index contributed by atoms with van der Waals surface area (Å²) in [6.45, 7) is 4.00. The lowest BCUT2D eigenvalue weighted by molar-refractivity contribution is -0.138. The fourth-order valence-corrected chi connectivity index (χ4v) is 4.33. The molecule has 220 valence electrons. The monoisotopic (exact) mass is 598 g/mol. The molecule has 0 aliphatic rings. The normalized spacial score (nSPS) is 12.2. The number of carbonyl (C=O) groups excluding carboxylic acids is 1. The summed E-state index contributed by atoms with van der Waals surface area (Å²) >= 11 is 5.93. The molecule has 3 aromatic carbocycles. The second-order valence-electron chi connectivity index (χ2n) is 9.71. The average Bonchev–Trinajstić information content (AvgIpc) is 2.87. The van der Waals surface area contributed by atoms with Crippen LogP contribution in [0.5, 0.6) is 5.75 Å². The average molecular weight is 599 g/mol. The van der Waals surface area contributed by atoms with Crippen LogP contribution in [0.1, 0.15) is 42.6 Å². The van der Waals surface area contributed by atoms with E-state index in [2.05, 4.69) is 10.6 Å². The molecule has 1 amide bonds. The van der Waals surface area contributed by atoms with Crippen molar-refractivity contribution in [2.75, 3.05) is 18.5 Å². The quantitative estimate of drug-likeness (QED) is 0.189. The fraction of sp³-hybridized carbons (Fsp3) is 0.310. The van der Waals surface area contributed by atoms with Gasteiger partial charge in [0, 0.05) is 40.5 Å². The number of hydrogen-bond acceptors (Lipinski definition) is 4. The first-order valence-corrected chi connectivity index (χ1v) is 13.0. The summed E-state index contributed by atoms with van der Waals surface area (Å²) in [6.07, 6.45) is -4.22. The third kappa shape index (κ3) is 9.07. The van der Waals surface area contributed by atoms with E-state index in [1.807, 2.05) is 13.8 Å². The Bertz CT molecular complexity index is 1360. The van der Waals surface area contributed by atoms with E-state index >= 15 is 0 Å². The second kappa shape index (κ2) is 13.7. The number of benzene rings is 3. The van der Waals surface area contributed by atoms with Crippen molar-refractivity contribution in [1.82, 2.24) is 5.32 Å². The van der Waals surface area contributed by atoms with Gasteiger partial charge in [-0.2, -0.15) is 13.2 Å². The molecule has 0 aromatic heterocycles. The Kier molecular flexibility index (Phi) is 10.6. The highest BCUT2D eigenvalue weighted by Crippen LogP contribution is 2.38. The van der Waals surface area contributed by atoms with Crippen LogP contribution in [0.25, 0.3) is 11.1 Å². The smallest absolute Gasteiger partial charge is 0.416 e. The van der Waals surface area contributed by atoms with E-state index in [9.17, 15) is 31.5 Å². The Labute approximate surface area is 238 Å². The van der Waals surface area contributed by atoms with Crippen LogP contribution < -0.4 is 15.4 Å². The summed E-state index contributed by atoms with van der Waals surface area (Å²) in [5.41, 5.74) is -0.827. The van der Waals surface area contributed by atoms with Gasteiger partial charge in [0.15, 0.2) is 0 Å². The summed E-state index contributed by atoms with van der Waals surface area (Å²) in [6, 6.07) is 10.3. The highest BCUT2D eigenvalue weighted by atomic mass is 35.5. The van der Waals surface area contributed by atoms with Gasteiger partial charge in [0.25, 0.3) is 5.91 Å². The molecule has 0 radical (unpaired) electrons. The van der Waals surface area contributed by atoms with Crippen molar-refractivity contribution in [3.8, 4) is 16.9 Å². The Morgan fingerprint density at radius 2 is 1.63 bits per heavy atom. The third-order valence-corrected chi connectivity index (χ3v) is 6.24. The van der Waals surface area contributed by atoms with Crippen LogP contribution in [-0.4, -0.2) is 36.2 Å². The fourth-order valence-electron chi connectivity index (χ4n) is 4.06. The van der Waals surface area contributed by atoms with E-state index < -0.39 is 45.8 Å². The van der Waals surface area contributed by atoms with Gasteiger partial charge in [-0.25, -0.2) is 8.78 Å². The highest BCUT2D eigenvalue weighted by molar-refractivity contribution is 6.33. The van der Waals surface area contributed by atoms with Crippen LogP contribution in [0.4, 0.5) is 27.6 Å². The van der Waals surface area contributed by atoms with Gasteiger partial charge in [-0.3, -0.25) is 9.59 Å². The zero-order chi connectivity index (χ0) is 30.3. The number of carbonyl (C=O) groups is 2. The maximum absolute atomic E-state index is 14.9. The van der Waals surface area contributed by atoms with Crippen molar-refractivity contribution in [1.29, 1.82) is 0 Å². The Hall–Kier alpha value is -3.86. The zero-order valence-electron chi connectivity index (χ0n) is 22.1. The molecule has 3 N–H and O–H groups in total. The molecule has 0 saturated heterocycles. The summed E-state index contributed by atoms with van der Waals surface area (Å²) in [5, 5.41) is 14.0. The van der Waals surface area contributed by atoms with Gasteiger partial charge in [0.05, 0.1) is 23.6 Å². The van der Waals surface area contributed by atoms with Crippen molar-refractivity contribution in [2.45, 2.75) is 38.9 Å². The van der Waals surface area contributed by atoms with Gasteiger partial charge in [-0.1, -0.05) is 31.5 Å². The van der Waals surface area contributed by atoms with Crippen molar-refractivity contribution < 1.29 is 41.4 Å². The lowest BCUT2D eigenvalue weighted by Crippen LogP contribution is -2.29. The number of halogens is 6. The highest BCUT2D eigenvalue weighted by Gasteiger charge is 2.31. The number of amides is 1. The first-order chi connectivity index (χ1) is 19.2. The number of carboxylic acids is 1.